The van der Waals surface area contributed by atoms with Crippen LogP contribution in [-0.4, -0.2) is 29.4 Å². The number of hydrogen-bond acceptors (Lipinski definition) is 6. The van der Waals surface area contributed by atoms with Crippen LogP contribution in [0.2, 0.25) is 5.02 Å². The molecular formula is C28H35ClN4O3S. The summed E-state index contributed by atoms with van der Waals surface area (Å²) in [5, 5.41) is 19.9. The minimum absolute atomic E-state index is 0.128. The van der Waals surface area contributed by atoms with Gasteiger partial charge in [0.05, 0.1) is 12.4 Å². The summed E-state index contributed by atoms with van der Waals surface area (Å²) >= 11 is 7.37. The fourth-order valence-corrected chi connectivity index (χ4v) is 4.44. The molecule has 198 valence electrons. The molecule has 0 atom stereocenters. The van der Waals surface area contributed by atoms with Crippen LogP contribution in [0.15, 0.2) is 54.6 Å². The van der Waals surface area contributed by atoms with Crippen LogP contribution >= 0.6 is 22.9 Å². The topological polar surface area (TPSA) is 142 Å². The van der Waals surface area contributed by atoms with Crippen molar-refractivity contribution in [3.63, 3.8) is 0 Å². The van der Waals surface area contributed by atoms with Crippen molar-refractivity contribution < 1.29 is 14.7 Å². The van der Waals surface area contributed by atoms with E-state index in [9.17, 15) is 9.59 Å². The van der Waals surface area contributed by atoms with Crippen molar-refractivity contribution in [2.24, 2.45) is 11.5 Å². The number of halogens is 1. The van der Waals surface area contributed by atoms with E-state index in [0.29, 0.717) is 10.7 Å². The van der Waals surface area contributed by atoms with Crippen LogP contribution in [0.3, 0.4) is 0 Å². The van der Waals surface area contributed by atoms with Crippen molar-refractivity contribution in [2.75, 3.05) is 12.0 Å². The molecule has 0 unspecified atom stereocenters. The molecule has 0 saturated heterocycles. The summed E-state index contributed by atoms with van der Waals surface area (Å²) < 4.78 is 0. The molecule has 2 aromatic carbocycles. The predicted octanol–water partition coefficient (Wildman–Crippen LogP) is 5.43. The molecule has 1 heterocycles. The van der Waals surface area contributed by atoms with Crippen LogP contribution < -0.4 is 16.8 Å². The molecule has 0 spiro atoms. The lowest BCUT2D eigenvalue weighted by Crippen LogP contribution is -2.10. The van der Waals surface area contributed by atoms with E-state index in [2.05, 4.69) is 30.1 Å². The molecule has 0 radical (unpaired) electrons. The number of nitrogens with one attached hydrogen (secondary N) is 2. The third-order valence-electron chi connectivity index (χ3n) is 5.02. The highest BCUT2D eigenvalue weighted by molar-refractivity contribution is 7.16. The normalized spacial score (nSPS) is 10.1. The number of aliphatic hydroxyl groups is 1. The van der Waals surface area contributed by atoms with Gasteiger partial charge < -0.3 is 21.9 Å². The molecule has 3 rings (SSSR count). The van der Waals surface area contributed by atoms with Crippen LogP contribution in [0.25, 0.3) is 6.08 Å². The standard InChI is InChI=1S/C15H15ClN2OS.C12H15NO.CH5NO/c1-8-9(2)20-15(18-10(3)19)13(8)14(17)11-4-6-12(16)7-5-11;1-2-3-10-4-6-11(7-5-10)8-9-12(13)14;2-1-3/h4-7,17H,1-3H3,(H,18,19);4-9H,2-3H2,1H3,(H2,13,14);3H,1-2H2/b;9-8+;. The zero-order chi connectivity index (χ0) is 28.0. The number of nitrogens with two attached hydrogens (primary N) is 2. The highest BCUT2D eigenvalue weighted by Crippen LogP contribution is 2.34. The van der Waals surface area contributed by atoms with Crippen LogP contribution in [-0.2, 0) is 16.0 Å². The zero-order valence-electron chi connectivity index (χ0n) is 21.6. The molecule has 0 saturated carbocycles. The average Bonchev–Trinajstić information content (AvgIpc) is 3.11. The molecule has 7 N–H and O–H groups in total. The van der Waals surface area contributed by atoms with Gasteiger partial charge in [0.1, 0.15) is 5.00 Å². The molecule has 0 fully saturated rings. The smallest absolute Gasteiger partial charge is 0.241 e. The fraction of sp³-hybridized carbons (Fsp3) is 0.250. The lowest BCUT2D eigenvalue weighted by atomic mass is 10.0. The number of amides is 2. The van der Waals surface area contributed by atoms with E-state index in [1.807, 2.05) is 38.1 Å². The lowest BCUT2D eigenvalue weighted by Gasteiger charge is -2.08. The number of rotatable bonds is 7. The van der Waals surface area contributed by atoms with Gasteiger partial charge in [0.25, 0.3) is 0 Å². The number of benzene rings is 2. The van der Waals surface area contributed by atoms with Crippen molar-refractivity contribution in [3.05, 3.63) is 92.3 Å². The monoisotopic (exact) mass is 542 g/mol. The Morgan fingerprint density at radius 1 is 1.11 bits per heavy atom. The van der Waals surface area contributed by atoms with E-state index in [0.717, 1.165) is 45.0 Å². The third kappa shape index (κ3) is 11.1. The first-order chi connectivity index (χ1) is 17.5. The van der Waals surface area contributed by atoms with Gasteiger partial charge in [-0.1, -0.05) is 61.3 Å². The zero-order valence-corrected chi connectivity index (χ0v) is 23.2. The van der Waals surface area contributed by atoms with Gasteiger partial charge in [-0.2, -0.15) is 0 Å². The van der Waals surface area contributed by atoms with Gasteiger partial charge >= 0.3 is 0 Å². The highest BCUT2D eigenvalue weighted by atomic mass is 35.5. The van der Waals surface area contributed by atoms with Gasteiger partial charge in [0.15, 0.2) is 0 Å². The second-order valence-electron chi connectivity index (χ2n) is 7.96. The Bertz CT molecular complexity index is 1200. The fourth-order valence-electron chi connectivity index (χ4n) is 3.20. The maximum Gasteiger partial charge on any atom is 0.241 e. The van der Waals surface area contributed by atoms with Crippen LogP contribution in [0.5, 0.6) is 0 Å². The maximum atomic E-state index is 11.3. The SMILES string of the molecule is CC(=O)Nc1sc(C)c(C)c1C(=N)c1ccc(Cl)cc1.CCCc1ccc(/C=C/C(N)=O)cc1.NCO. The molecule has 2 amide bonds. The number of carbonyl (C=O) groups is 2. The molecule has 0 aliphatic rings. The Balaban J connectivity index is 0.000000352. The second-order valence-corrected chi connectivity index (χ2v) is 9.62. The van der Waals surface area contributed by atoms with Gasteiger partial charge in [-0.25, -0.2) is 0 Å². The molecule has 7 nitrogen and oxygen atoms in total. The van der Waals surface area contributed by atoms with Crippen molar-refractivity contribution in [1.29, 1.82) is 5.41 Å². The van der Waals surface area contributed by atoms with Gasteiger partial charge in [0, 0.05) is 34.0 Å². The quantitative estimate of drug-likeness (QED) is 0.154. The van der Waals surface area contributed by atoms with E-state index in [-0.39, 0.29) is 12.6 Å². The van der Waals surface area contributed by atoms with E-state index in [4.69, 9.17) is 27.9 Å². The summed E-state index contributed by atoms with van der Waals surface area (Å²) in [4.78, 5) is 22.9. The largest absolute Gasteiger partial charge is 0.382 e. The summed E-state index contributed by atoms with van der Waals surface area (Å²) in [5.41, 5.74) is 14.7. The summed E-state index contributed by atoms with van der Waals surface area (Å²) in [5.74, 6) is -0.543. The van der Waals surface area contributed by atoms with Crippen LogP contribution in [0.4, 0.5) is 5.00 Å². The van der Waals surface area contributed by atoms with E-state index in [1.165, 1.54) is 29.9 Å². The maximum absolute atomic E-state index is 11.3. The number of hydrogen-bond donors (Lipinski definition) is 5. The second kappa shape index (κ2) is 16.4. The molecule has 0 aliphatic carbocycles. The van der Waals surface area contributed by atoms with E-state index < -0.39 is 5.91 Å². The molecule has 37 heavy (non-hydrogen) atoms. The van der Waals surface area contributed by atoms with Crippen molar-refractivity contribution in [2.45, 2.75) is 40.5 Å². The first-order valence-electron chi connectivity index (χ1n) is 11.6. The van der Waals surface area contributed by atoms with Gasteiger partial charge in [0.2, 0.25) is 11.8 Å². The minimum atomic E-state index is -0.414. The van der Waals surface area contributed by atoms with Gasteiger partial charge in [-0.15, -0.1) is 11.3 Å². The average molecular weight is 543 g/mol. The molecule has 0 bridgehead atoms. The van der Waals surface area contributed by atoms with Crippen LogP contribution in [0.1, 0.15) is 53.0 Å². The summed E-state index contributed by atoms with van der Waals surface area (Å²) in [6.07, 6.45) is 5.34. The van der Waals surface area contributed by atoms with Crippen molar-refractivity contribution >= 4 is 51.5 Å². The van der Waals surface area contributed by atoms with Crippen LogP contribution in [0, 0.1) is 19.3 Å². The number of anilines is 1. The number of aryl methyl sites for hydroxylation is 2. The Morgan fingerprint density at radius 3 is 2.16 bits per heavy atom. The Labute approximate surface area is 227 Å². The van der Waals surface area contributed by atoms with E-state index in [1.54, 1.807) is 18.2 Å². The molecule has 0 aliphatic heterocycles. The minimum Gasteiger partial charge on any atom is -0.382 e. The number of carbonyl (C=O) groups excluding carboxylic acids is 2. The predicted molar refractivity (Wildman–Crippen MR) is 155 cm³/mol. The van der Waals surface area contributed by atoms with Gasteiger partial charge in [-0.05, 0) is 55.2 Å². The Morgan fingerprint density at radius 2 is 1.68 bits per heavy atom. The van der Waals surface area contributed by atoms with Crippen molar-refractivity contribution in [1.82, 2.24) is 0 Å². The molecule has 1 aromatic heterocycles. The number of aliphatic hydroxyl groups excluding tert-OH is 1. The summed E-state index contributed by atoms with van der Waals surface area (Å²) in [7, 11) is 0. The first kappa shape index (κ1) is 31.7. The third-order valence-corrected chi connectivity index (χ3v) is 6.39. The molecule has 9 heteroatoms. The lowest BCUT2D eigenvalue weighted by molar-refractivity contribution is -0.114. The number of primary amides is 1. The summed E-state index contributed by atoms with van der Waals surface area (Å²) in [6, 6.07) is 15.3. The Kier molecular flexibility index (Phi) is 14.1. The van der Waals surface area contributed by atoms with Gasteiger partial charge in [-0.3, -0.25) is 15.0 Å². The molecular weight excluding hydrogens is 508 g/mol. The highest BCUT2D eigenvalue weighted by Gasteiger charge is 2.18. The number of thiophene rings is 1. The Hall–Kier alpha value is -3.30. The van der Waals surface area contributed by atoms with Crippen molar-refractivity contribution in [3.8, 4) is 0 Å². The van der Waals surface area contributed by atoms with E-state index >= 15 is 0 Å². The first-order valence-corrected chi connectivity index (χ1v) is 12.8. The summed E-state index contributed by atoms with van der Waals surface area (Å²) in [6.45, 7) is 7.34. The molecule has 3 aromatic rings.